The Hall–Kier alpha value is -1.79. The van der Waals surface area contributed by atoms with Crippen molar-refractivity contribution in [3.63, 3.8) is 0 Å². The zero-order valence-electron chi connectivity index (χ0n) is 12.2. The molecule has 0 heterocycles. The van der Waals surface area contributed by atoms with Crippen LogP contribution in [0.1, 0.15) is 5.56 Å². The van der Waals surface area contributed by atoms with Gasteiger partial charge in [0.05, 0.1) is 10.6 Å². The molecule has 0 aliphatic rings. The Morgan fingerprint density at radius 2 is 1.68 bits per heavy atom. The normalized spacial score (nSPS) is 11.1. The monoisotopic (exact) mass is 335 g/mol. The van der Waals surface area contributed by atoms with Crippen LogP contribution in [0.4, 0.5) is 5.69 Å². The molecule has 116 valence electrons. The molecule has 0 aromatic heterocycles. The summed E-state index contributed by atoms with van der Waals surface area (Å²) in [4.78, 5) is 12.1. The largest absolute Gasteiger partial charge is 0.325 e. The maximum atomic E-state index is 11.8. The van der Waals surface area contributed by atoms with E-state index in [9.17, 15) is 13.2 Å². The predicted molar refractivity (Wildman–Crippen MR) is 90.8 cm³/mol. The zero-order chi connectivity index (χ0) is 16.0. The average molecular weight is 335 g/mol. The van der Waals surface area contributed by atoms with Gasteiger partial charge in [-0.15, -0.1) is 11.8 Å². The number of sulfone groups is 1. The molecule has 4 nitrogen and oxygen atoms in total. The molecule has 2 rings (SSSR count). The predicted octanol–water partition coefficient (Wildman–Crippen LogP) is 2.96. The smallest absolute Gasteiger partial charge is 0.234 e. The zero-order valence-corrected chi connectivity index (χ0v) is 13.8. The van der Waals surface area contributed by atoms with E-state index in [-0.39, 0.29) is 10.8 Å². The van der Waals surface area contributed by atoms with Gasteiger partial charge in [-0.05, 0) is 29.8 Å². The Morgan fingerprint density at radius 3 is 2.27 bits per heavy atom. The van der Waals surface area contributed by atoms with Crippen LogP contribution >= 0.6 is 11.8 Å². The molecule has 0 fully saturated rings. The van der Waals surface area contributed by atoms with Crippen LogP contribution < -0.4 is 5.32 Å². The maximum absolute atomic E-state index is 11.8. The van der Waals surface area contributed by atoms with Crippen molar-refractivity contribution in [2.75, 3.05) is 17.3 Å². The van der Waals surface area contributed by atoms with Crippen molar-refractivity contribution in [1.29, 1.82) is 0 Å². The molecule has 0 unspecified atom stereocenters. The molecular weight excluding hydrogens is 318 g/mol. The highest BCUT2D eigenvalue weighted by Crippen LogP contribution is 2.15. The molecule has 22 heavy (non-hydrogen) atoms. The summed E-state index contributed by atoms with van der Waals surface area (Å²) >= 11 is 1.53. The lowest BCUT2D eigenvalue weighted by Gasteiger charge is -2.06. The SMILES string of the molecule is CS(=O)(=O)c1ccc(NC(=O)CSCc2ccccc2)cc1. The van der Waals surface area contributed by atoms with E-state index in [1.165, 1.54) is 29.5 Å². The summed E-state index contributed by atoms with van der Waals surface area (Å²) in [6.07, 6.45) is 1.15. The van der Waals surface area contributed by atoms with Gasteiger partial charge in [-0.1, -0.05) is 30.3 Å². The molecule has 2 aromatic carbocycles. The molecule has 0 aliphatic heterocycles. The summed E-state index contributed by atoms with van der Waals surface area (Å²) in [5.41, 5.74) is 1.77. The third-order valence-corrected chi connectivity index (χ3v) is 5.04. The number of carbonyl (C=O) groups excluding carboxylic acids is 1. The molecule has 1 N–H and O–H groups in total. The quantitative estimate of drug-likeness (QED) is 0.881. The van der Waals surface area contributed by atoms with Crippen molar-refractivity contribution in [3.05, 3.63) is 60.2 Å². The van der Waals surface area contributed by atoms with Gasteiger partial charge in [0.2, 0.25) is 5.91 Å². The summed E-state index contributed by atoms with van der Waals surface area (Å²) in [6, 6.07) is 16.1. The fourth-order valence-corrected chi connectivity index (χ4v) is 3.24. The minimum atomic E-state index is -3.21. The molecule has 1 amide bonds. The number of hydrogen-bond donors (Lipinski definition) is 1. The van der Waals surface area contributed by atoms with Crippen LogP contribution in [0, 0.1) is 0 Å². The number of rotatable bonds is 6. The lowest BCUT2D eigenvalue weighted by atomic mass is 10.2. The number of amides is 1. The molecule has 6 heteroatoms. The Labute approximate surface area is 134 Å². The van der Waals surface area contributed by atoms with Crippen LogP contribution in [0.2, 0.25) is 0 Å². The van der Waals surface area contributed by atoms with E-state index in [0.29, 0.717) is 11.4 Å². The van der Waals surface area contributed by atoms with Gasteiger partial charge >= 0.3 is 0 Å². The van der Waals surface area contributed by atoms with E-state index < -0.39 is 9.84 Å². The molecule has 0 saturated carbocycles. The number of benzene rings is 2. The van der Waals surface area contributed by atoms with Crippen molar-refractivity contribution in [3.8, 4) is 0 Å². The molecule has 0 atom stereocenters. The fourth-order valence-electron chi connectivity index (χ4n) is 1.82. The Bertz CT molecular complexity index is 726. The summed E-state index contributed by atoms with van der Waals surface area (Å²) in [7, 11) is -3.21. The third kappa shape index (κ3) is 5.20. The lowest BCUT2D eigenvalue weighted by Crippen LogP contribution is -2.14. The van der Waals surface area contributed by atoms with Crippen LogP contribution in [0.15, 0.2) is 59.5 Å². The second-order valence-corrected chi connectivity index (χ2v) is 7.82. The van der Waals surface area contributed by atoms with Crippen LogP contribution in [0.5, 0.6) is 0 Å². The second-order valence-electron chi connectivity index (χ2n) is 4.82. The lowest BCUT2D eigenvalue weighted by molar-refractivity contribution is -0.113. The first-order chi connectivity index (χ1) is 10.4. The molecule has 0 aliphatic carbocycles. The molecule has 0 spiro atoms. The molecule has 2 aromatic rings. The Morgan fingerprint density at radius 1 is 1.05 bits per heavy atom. The van der Waals surface area contributed by atoms with E-state index in [1.807, 2.05) is 30.3 Å². The fraction of sp³-hybridized carbons (Fsp3) is 0.188. The highest BCUT2D eigenvalue weighted by molar-refractivity contribution is 7.99. The van der Waals surface area contributed by atoms with Gasteiger partial charge in [-0.25, -0.2) is 8.42 Å². The molecular formula is C16H17NO3S2. The summed E-state index contributed by atoms with van der Waals surface area (Å²) in [5.74, 6) is 1.03. The Balaban J connectivity index is 1.82. The Kier molecular flexibility index (Phi) is 5.63. The van der Waals surface area contributed by atoms with E-state index in [2.05, 4.69) is 5.32 Å². The minimum Gasteiger partial charge on any atom is -0.325 e. The van der Waals surface area contributed by atoms with Crippen LogP contribution in [0.3, 0.4) is 0 Å². The summed E-state index contributed by atoms with van der Waals surface area (Å²) in [6.45, 7) is 0. The number of thioether (sulfide) groups is 1. The number of hydrogen-bond acceptors (Lipinski definition) is 4. The van der Waals surface area contributed by atoms with Gasteiger partial charge in [0.1, 0.15) is 0 Å². The van der Waals surface area contributed by atoms with Gasteiger partial charge < -0.3 is 5.32 Å². The summed E-state index contributed by atoms with van der Waals surface area (Å²) < 4.78 is 22.7. The van der Waals surface area contributed by atoms with Gasteiger partial charge in [-0.2, -0.15) is 0 Å². The van der Waals surface area contributed by atoms with E-state index in [0.717, 1.165) is 12.0 Å². The first kappa shape index (κ1) is 16.6. The van der Waals surface area contributed by atoms with E-state index >= 15 is 0 Å². The van der Waals surface area contributed by atoms with Crippen molar-refractivity contribution in [1.82, 2.24) is 0 Å². The van der Waals surface area contributed by atoms with Crippen molar-refractivity contribution >= 4 is 33.2 Å². The molecule has 0 bridgehead atoms. The average Bonchev–Trinajstić information content (AvgIpc) is 2.48. The summed E-state index contributed by atoms with van der Waals surface area (Å²) in [5, 5.41) is 2.75. The first-order valence-corrected chi connectivity index (χ1v) is 9.71. The van der Waals surface area contributed by atoms with Crippen molar-refractivity contribution < 1.29 is 13.2 Å². The van der Waals surface area contributed by atoms with Gasteiger partial charge in [0, 0.05) is 17.7 Å². The van der Waals surface area contributed by atoms with Crippen LogP contribution in [-0.4, -0.2) is 26.3 Å². The van der Waals surface area contributed by atoms with Gasteiger partial charge in [-0.3, -0.25) is 4.79 Å². The molecule has 0 radical (unpaired) electrons. The topological polar surface area (TPSA) is 63.2 Å². The van der Waals surface area contributed by atoms with Crippen LogP contribution in [-0.2, 0) is 20.4 Å². The number of nitrogens with one attached hydrogen (secondary N) is 1. The number of carbonyl (C=O) groups is 1. The van der Waals surface area contributed by atoms with E-state index in [4.69, 9.17) is 0 Å². The highest BCUT2D eigenvalue weighted by Gasteiger charge is 2.07. The van der Waals surface area contributed by atoms with Crippen molar-refractivity contribution in [2.45, 2.75) is 10.6 Å². The highest BCUT2D eigenvalue weighted by atomic mass is 32.2. The first-order valence-electron chi connectivity index (χ1n) is 6.67. The van der Waals surface area contributed by atoms with Gasteiger partial charge in [0.25, 0.3) is 0 Å². The van der Waals surface area contributed by atoms with Crippen LogP contribution in [0.25, 0.3) is 0 Å². The third-order valence-electron chi connectivity index (χ3n) is 2.91. The van der Waals surface area contributed by atoms with E-state index in [1.54, 1.807) is 12.1 Å². The van der Waals surface area contributed by atoms with Crippen molar-refractivity contribution in [2.24, 2.45) is 0 Å². The standard InChI is InChI=1S/C16H17NO3S2/c1-22(19,20)15-9-7-14(8-10-15)17-16(18)12-21-11-13-5-3-2-4-6-13/h2-10H,11-12H2,1H3,(H,17,18). The van der Waals surface area contributed by atoms with Gasteiger partial charge in [0.15, 0.2) is 9.84 Å². The number of anilines is 1. The molecule has 0 saturated heterocycles. The minimum absolute atomic E-state index is 0.104. The maximum Gasteiger partial charge on any atom is 0.234 e. The second kappa shape index (κ2) is 7.47.